The summed E-state index contributed by atoms with van der Waals surface area (Å²) in [4.78, 5) is 14.3. The van der Waals surface area contributed by atoms with Crippen molar-refractivity contribution in [2.24, 2.45) is 0 Å². The molecule has 0 fully saturated rings. The van der Waals surface area contributed by atoms with E-state index in [0.717, 1.165) is 120 Å². The van der Waals surface area contributed by atoms with Crippen LogP contribution in [0.25, 0.3) is 76.0 Å². The molecule has 1 heterocycles. The molecule has 0 spiro atoms. The first-order chi connectivity index (χ1) is 57.2. The number of fused-ring (bicyclic) bond motifs is 4. The molecule has 554 valence electrons. The Kier molecular flexibility index (Phi) is 18.1. The highest BCUT2D eigenvalue weighted by molar-refractivity contribution is 6.28. The van der Waals surface area contributed by atoms with Crippen LogP contribution in [0.4, 0.5) is 102 Å². The van der Waals surface area contributed by atoms with E-state index in [1.165, 1.54) is 81.6 Å². The van der Waals surface area contributed by atoms with Gasteiger partial charge in [0, 0.05) is 130 Å². The zero-order valence-corrected chi connectivity index (χ0v) is 65.2. The number of hydrogen-bond acceptors (Lipinski definition) is 6. The summed E-state index contributed by atoms with van der Waals surface area (Å²) in [6, 6.07) is 154. The maximum absolute atomic E-state index is 2.47. The van der Waals surface area contributed by atoms with E-state index in [-0.39, 0.29) is 0 Å². The second kappa shape index (κ2) is 30.0. The fourth-order valence-corrected chi connectivity index (χ4v) is 17.7. The van der Waals surface area contributed by atoms with Crippen LogP contribution in [-0.4, -0.2) is 4.57 Å². The normalized spacial score (nSPS) is 11.5. The Balaban J connectivity index is 0.681. The molecular formula is C109H83N7. The number of para-hydroxylation sites is 5. The number of aryl methyl sites for hydroxylation is 4. The predicted octanol–water partition coefficient (Wildman–Crippen LogP) is 31.3. The number of benzene rings is 19. The summed E-state index contributed by atoms with van der Waals surface area (Å²) in [6.45, 7) is 9.63. The molecule has 20 rings (SSSR count). The molecule has 7 nitrogen and oxygen atoms in total. The van der Waals surface area contributed by atoms with Gasteiger partial charge in [-0.05, 0) is 306 Å². The lowest BCUT2D eigenvalue weighted by atomic mass is 9.88. The highest BCUT2D eigenvalue weighted by Crippen LogP contribution is 2.51. The summed E-state index contributed by atoms with van der Waals surface area (Å²) < 4.78 is 2.47. The highest BCUT2D eigenvalue weighted by Gasteiger charge is 2.26. The van der Waals surface area contributed by atoms with Gasteiger partial charge in [0.25, 0.3) is 0 Å². The van der Waals surface area contributed by atoms with Crippen molar-refractivity contribution in [3.05, 3.63) is 435 Å². The molecular weight excluding hydrogens is 1410 g/mol. The summed E-state index contributed by atoms with van der Waals surface area (Å²) in [5, 5.41) is 12.1. The van der Waals surface area contributed by atoms with Crippen molar-refractivity contribution in [1.82, 2.24) is 4.57 Å². The van der Waals surface area contributed by atoms with Crippen LogP contribution >= 0.6 is 0 Å². The molecule has 1 aromatic heterocycles. The monoisotopic (exact) mass is 1490 g/mol. The summed E-state index contributed by atoms with van der Waals surface area (Å²) in [7, 11) is 0. The van der Waals surface area contributed by atoms with E-state index in [2.05, 4.69) is 480 Å². The minimum Gasteiger partial charge on any atom is -0.341 e. The third-order valence-electron chi connectivity index (χ3n) is 22.9. The van der Waals surface area contributed by atoms with Crippen LogP contribution in [0.2, 0.25) is 0 Å². The first-order valence-corrected chi connectivity index (χ1v) is 40.1. The zero-order chi connectivity index (χ0) is 77.7. The minimum atomic E-state index is 0.831. The van der Waals surface area contributed by atoms with Crippen LogP contribution in [0.3, 0.4) is 0 Å². The second-order valence-electron chi connectivity index (χ2n) is 30.2. The standard InChI is InChI=1S/C109H83N7/c1-5-110-104-66-60-95(115(85-36-17-9-18-37-85)106-43-25-29-78-28-21-22-42-99(78)106)73-102(104)103-74-96(61-67-105(103)110)116(86-38-19-10-20-39-86)107-65-47-80-45-63-100-98(62-44-79-46-64-101(107)109(80)108(79)100)81-68-77(4)71-97(72-81)114(84-34-15-8-16-35-84)92-58-52-89(53-59-92)111(87-48-54-90(55-49-87)112(82-30-11-6-12-31-82)93-40-23-26-75(2)69-93)88-50-56-91(57-51-88)113(83-32-13-7-14-33-83)94-41-24-27-76(3)70-94/h6-74H,5H2,1-4H3. The zero-order valence-electron chi connectivity index (χ0n) is 65.2. The molecule has 7 heteroatoms. The lowest BCUT2D eigenvalue weighted by Crippen LogP contribution is -2.14. The molecule has 0 N–H and O–H groups in total. The summed E-state index contributed by atoms with van der Waals surface area (Å²) in [6.07, 6.45) is 0. The maximum Gasteiger partial charge on any atom is 0.0540 e. The van der Waals surface area contributed by atoms with Gasteiger partial charge in [-0.15, -0.1) is 0 Å². The van der Waals surface area contributed by atoms with Crippen molar-refractivity contribution in [3.8, 4) is 11.1 Å². The second-order valence-corrected chi connectivity index (χ2v) is 30.2. The van der Waals surface area contributed by atoms with Crippen LogP contribution in [0.15, 0.2) is 419 Å². The molecule has 0 radical (unpaired) electrons. The van der Waals surface area contributed by atoms with Crippen LogP contribution in [0.1, 0.15) is 23.6 Å². The third-order valence-corrected chi connectivity index (χ3v) is 22.9. The average Bonchev–Trinajstić information content (AvgIpc) is 0.927. The quantitative estimate of drug-likeness (QED) is 0.0705. The van der Waals surface area contributed by atoms with E-state index in [0.29, 0.717) is 0 Å². The van der Waals surface area contributed by atoms with Crippen molar-refractivity contribution in [3.63, 3.8) is 0 Å². The van der Waals surface area contributed by atoms with E-state index in [1.807, 2.05) is 0 Å². The van der Waals surface area contributed by atoms with Gasteiger partial charge in [0.1, 0.15) is 0 Å². The van der Waals surface area contributed by atoms with Crippen molar-refractivity contribution in [2.75, 3.05) is 29.4 Å². The topological polar surface area (TPSA) is 24.4 Å². The Bertz CT molecular complexity index is 6830. The lowest BCUT2D eigenvalue weighted by Gasteiger charge is -2.30. The van der Waals surface area contributed by atoms with Gasteiger partial charge in [0.15, 0.2) is 0 Å². The smallest absolute Gasteiger partial charge is 0.0540 e. The Labute approximate surface area is 677 Å². The van der Waals surface area contributed by atoms with Crippen molar-refractivity contribution in [2.45, 2.75) is 34.2 Å². The third kappa shape index (κ3) is 12.9. The van der Waals surface area contributed by atoms with Gasteiger partial charge in [0.2, 0.25) is 0 Å². The molecule has 0 bridgehead atoms. The molecule has 0 unspecified atom stereocenters. The van der Waals surface area contributed by atoms with Crippen molar-refractivity contribution < 1.29 is 0 Å². The SMILES string of the molecule is CCn1c2ccc(N(c3ccccc3)c3cccc4ccccc34)cc2c2cc(N(c3ccccc3)c3ccc4ccc5c(-c6cc(C)cc(N(c7ccccc7)c7ccc(N(c8ccc(N(c9ccccc9)c9cccc(C)c9)cc8)c8ccc(N(c9ccccc9)c9cccc(C)c9)cc8)cc7)c6)ccc6ccc3c4c65)ccc21. The van der Waals surface area contributed by atoms with Crippen LogP contribution in [0.5, 0.6) is 0 Å². The summed E-state index contributed by atoms with van der Waals surface area (Å²) in [5.41, 5.74) is 27.7. The summed E-state index contributed by atoms with van der Waals surface area (Å²) in [5.74, 6) is 0. The van der Waals surface area contributed by atoms with Crippen molar-refractivity contribution >= 4 is 167 Å². The Morgan fingerprint density at radius 3 is 0.983 bits per heavy atom. The van der Waals surface area contributed by atoms with Gasteiger partial charge in [-0.2, -0.15) is 0 Å². The first kappa shape index (κ1) is 70.2. The minimum absolute atomic E-state index is 0.831. The Morgan fingerprint density at radius 2 is 0.526 bits per heavy atom. The van der Waals surface area contributed by atoms with Gasteiger partial charge in [-0.3, -0.25) is 0 Å². The van der Waals surface area contributed by atoms with Crippen molar-refractivity contribution in [1.29, 1.82) is 0 Å². The Hall–Kier alpha value is -14.9. The van der Waals surface area contributed by atoms with Gasteiger partial charge >= 0.3 is 0 Å². The van der Waals surface area contributed by atoms with E-state index in [1.54, 1.807) is 0 Å². The number of aromatic nitrogens is 1. The predicted molar refractivity (Wildman–Crippen MR) is 494 cm³/mol. The lowest BCUT2D eigenvalue weighted by molar-refractivity contribution is 0.827. The summed E-state index contributed by atoms with van der Waals surface area (Å²) >= 11 is 0. The van der Waals surface area contributed by atoms with Crippen LogP contribution in [0, 0.1) is 20.8 Å². The van der Waals surface area contributed by atoms with Gasteiger partial charge < -0.3 is 34.0 Å². The molecule has 19 aromatic carbocycles. The number of nitrogens with zero attached hydrogens (tertiary/aromatic N) is 7. The van der Waals surface area contributed by atoms with E-state index < -0.39 is 0 Å². The number of anilines is 18. The molecule has 116 heavy (non-hydrogen) atoms. The van der Waals surface area contributed by atoms with Gasteiger partial charge in [-0.1, -0.05) is 200 Å². The van der Waals surface area contributed by atoms with Crippen LogP contribution < -0.4 is 29.4 Å². The molecule has 20 aromatic rings. The van der Waals surface area contributed by atoms with Gasteiger partial charge in [-0.25, -0.2) is 0 Å². The first-order valence-electron chi connectivity index (χ1n) is 40.1. The fourth-order valence-electron chi connectivity index (χ4n) is 17.7. The molecule has 0 atom stereocenters. The van der Waals surface area contributed by atoms with E-state index in [9.17, 15) is 0 Å². The van der Waals surface area contributed by atoms with Crippen LogP contribution in [-0.2, 0) is 6.54 Å². The molecule has 0 aliphatic carbocycles. The molecule has 0 saturated heterocycles. The fraction of sp³-hybridized carbons (Fsp3) is 0.0459. The van der Waals surface area contributed by atoms with E-state index in [4.69, 9.17) is 0 Å². The number of rotatable bonds is 20. The highest BCUT2D eigenvalue weighted by atomic mass is 15.2. The molecule has 0 amide bonds. The van der Waals surface area contributed by atoms with E-state index >= 15 is 0 Å². The average molecular weight is 1490 g/mol. The largest absolute Gasteiger partial charge is 0.341 e. The van der Waals surface area contributed by atoms with Gasteiger partial charge in [0.05, 0.1) is 11.4 Å². The Morgan fingerprint density at radius 1 is 0.198 bits per heavy atom. The maximum atomic E-state index is 2.47. The molecule has 0 saturated carbocycles. The molecule has 0 aliphatic rings. The molecule has 0 aliphatic heterocycles. The number of hydrogen-bond donors (Lipinski definition) is 0.